The van der Waals surface area contributed by atoms with Crippen LogP contribution in [0, 0.1) is 5.92 Å². The summed E-state index contributed by atoms with van der Waals surface area (Å²) in [6.45, 7) is 4.88. The summed E-state index contributed by atoms with van der Waals surface area (Å²) in [5.74, 6) is 0.726. The summed E-state index contributed by atoms with van der Waals surface area (Å²) in [7, 11) is 0. The minimum Gasteiger partial charge on any atom is -0.371 e. The quantitative estimate of drug-likeness (QED) is 0.899. The topological polar surface area (TPSA) is 32.3 Å². The number of hydrogen-bond acceptors (Lipinski definition) is 2. The molecule has 1 saturated heterocycles. The van der Waals surface area contributed by atoms with Crippen LogP contribution in [-0.2, 0) is 4.79 Å². The average molecular weight is 281 g/mol. The Bertz CT molecular complexity index is 419. The second-order valence-corrected chi connectivity index (χ2v) is 5.57. The van der Waals surface area contributed by atoms with Crippen LogP contribution in [-0.4, -0.2) is 25.5 Å². The number of hydrogen-bond donors (Lipinski definition) is 1. The zero-order chi connectivity index (χ0) is 13.7. The fraction of sp³-hybridized carbons (Fsp3) is 0.533. The molecule has 2 rings (SSSR count). The molecule has 0 bridgehead atoms. The van der Waals surface area contributed by atoms with Crippen LogP contribution >= 0.6 is 11.6 Å². The Kier molecular flexibility index (Phi) is 5.08. The van der Waals surface area contributed by atoms with E-state index in [2.05, 4.69) is 22.3 Å². The first-order valence-corrected chi connectivity index (χ1v) is 7.34. The SMILES string of the molecule is CCCC(=O)NCC1CCN(c2ccc(Cl)cc2)C1. The predicted molar refractivity (Wildman–Crippen MR) is 79.7 cm³/mol. The Morgan fingerprint density at radius 2 is 2.16 bits per heavy atom. The van der Waals surface area contributed by atoms with Gasteiger partial charge in [-0.15, -0.1) is 0 Å². The molecule has 0 aliphatic carbocycles. The zero-order valence-corrected chi connectivity index (χ0v) is 12.1. The Morgan fingerprint density at radius 3 is 2.84 bits per heavy atom. The van der Waals surface area contributed by atoms with Crippen molar-refractivity contribution in [3.63, 3.8) is 0 Å². The molecule has 19 heavy (non-hydrogen) atoms. The number of rotatable bonds is 5. The van der Waals surface area contributed by atoms with Gasteiger partial charge in [0.15, 0.2) is 0 Å². The number of amides is 1. The van der Waals surface area contributed by atoms with Crippen LogP contribution in [0.3, 0.4) is 0 Å². The molecule has 1 unspecified atom stereocenters. The highest BCUT2D eigenvalue weighted by atomic mass is 35.5. The standard InChI is InChI=1S/C15H21ClN2O/c1-2-3-15(19)17-10-12-8-9-18(11-12)14-6-4-13(16)5-7-14/h4-7,12H,2-3,8-11H2,1H3,(H,17,19). The first-order valence-electron chi connectivity index (χ1n) is 6.96. The molecule has 0 aromatic heterocycles. The Labute approximate surface area is 119 Å². The molecule has 0 spiro atoms. The number of benzene rings is 1. The fourth-order valence-corrected chi connectivity index (χ4v) is 2.59. The van der Waals surface area contributed by atoms with Crippen LogP contribution in [0.4, 0.5) is 5.69 Å². The molecular formula is C15H21ClN2O. The maximum atomic E-state index is 11.4. The lowest BCUT2D eigenvalue weighted by molar-refractivity contribution is -0.121. The average Bonchev–Trinajstić information content (AvgIpc) is 2.86. The maximum absolute atomic E-state index is 11.4. The summed E-state index contributed by atoms with van der Waals surface area (Å²) >= 11 is 5.90. The maximum Gasteiger partial charge on any atom is 0.219 e. The van der Waals surface area contributed by atoms with E-state index >= 15 is 0 Å². The smallest absolute Gasteiger partial charge is 0.219 e. The van der Waals surface area contributed by atoms with E-state index in [1.165, 1.54) is 5.69 Å². The number of nitrogens with zero attached hydrogens (tertiary/aromatic N) is 1. The summed E-state index contributed by atoms with van der Waals surface area (Å²) < 4.78 is 0. The lowest BCUT2D eigenvalue weighted by atomic mass is 10.1. The van der Waals surface area contributed by atoms with Crippen molar-refractivity contribution >= 4 is 23.2 Å². The molecule has 104 valence electrons. The summed E-state index contributed by atoms with van der Waals surface area (Å²) in [5, 5.41) is 3.79. The van der Waals surface area contributed by atoms with Gasteiger partial charge in [0.2, 0.25) is 5.91 Å². The van der Waals surface area contributed by atoms with E-state index in [1.54, 1.807) is 0 Å². The Morgan fingerprint density at radius 1 is 1.42 bits per heavy atom. The Hall–Kier alpha value is -1.22. The third-order valence-corrected chi connectivity index (χ3v) is 3.79. The minimum absolute atomic E-state index is 0.174. The van der Waals surface area contributed by atoms with Gasteiger partial charge in [0.1, 0.15) is 0 Å². The van der Waals surface area contributed by atoms with Gasteiger partial charge in [0.05, 0.1) is 0 Å². The van der Waals surface area contributed by atoms with Crippen LogP contribution in [0.25, 0.3) is 0 Å². The minimum atomic E-state index is 0.174. The highest BCUT2D eigenvalue weighted by Gasteiger charge is 2.22. The molecule has 0 saturated carbocycles. The van der Waals surface area contributed by atoms with Gasteiger partial charge in [-0.25, -0.2) is 0 Å². The highest BCUT2D eigenvalue weighted by Crippen LogP contribution is 2.24. The van der Waals surface area contributed by atoms with Crippen molar-refractivity contribution < 1.29 is 4.79 Å². The molecular weight excluding hydrogens is 260 g/mol. The van der Waals surface area contributed by atoms with Crippen molar-refractivity contribution in [2.75, 3.05) is 24.5 Å². The predicted octanol–water partition coefficient (Wildman–Crippen LogP) is 3.08. The lowest BCUT2D eigenvalue weighted by Gasteiger charge is -2.19. The molecule has 1 aromatic carbocycles. The second-order valence-electron chi connectivity index (χ2n) is 5.13. The highest BCUT2D eigenvalue weighted by molar-refractivity contribution is 6.30. The van der Waals surface area contributed by atoms with E-state index in [9.17, 15) is 4.79 Å². The van der Waals surface area contributed by atoms with Crippen molar-refractivity contribution in [2.24, 2.45) is 5.92 Å². The fourth-order valence-electron chi connectivity index (χ4n) is 2.46. The van der Waals surface area contributed by atoms with Gasteiger partial charge < -0.3 is 10.2 Å². The van der Waals surface area contributed by atoms with E-state index in [4.69, 9.17) is 11.6 Å². The molecule has 1 N–H and O–H groups in total. The molecule has 0 radical (unpaired) electrons. The van der Waals surface area contributed by atoms with Crippen molar-refractivity contribution in [1.82, 2.24) is 5.32 Å². The summed E-state index contributed by atoms with van der Waals surface area (Å²) in [6.07, 6.45) is 2.68. The van der Waals surface area contributed by atoms with Gasteiger partial charge in [-0.1, -0.05) is 18.5 Å². The van der Waals surface area contributed by atoms with E-state index in [1.807, 2.05) is 19.1 Å². The molecule has 1 aliphatic heterocycles. The first kappa shape index (κ1) is 14.2. The molecule has 1 aromatic rings. The zero-order valence-electron chi connectivity index (χ0n) is 11.4. The van der Waals surface area contributed by atoms with E-state index in [-0.39, 0.29) is 5.91 Å². The van der Waals surface area contributed by atoms with Gasteiger partial charge in [-0.2, -0.15) is 0 Å². The van der Waals surface area contributed by atoms with Crippen molar-refractivity contribution in [3.8, 4) is 0 Å². The summed E-state index contributed by atoms with van der Waals surface area (Å²) in [5.41, 5.74) is 1.21. The molecule has 1 heterocycles. The molecule has 4 heteroatoms. The van der Waals surface area contributed by atoms with Crippen LogP contribution < -0.4 is 10.2 Å². The summed E-state index contributed by atoms with van der Waals surface area (Å²) in [4.78, 5) is 13.8. The number of carbonyl (C=O) groups excluding carboxylic acids is 1. The monoisotopic (exact) mass is 280 g/mol. The van der Waals surface area contributed by atoms with Gasteiger partial charge in [0.25, 0.3) is 0 Å². The van der Waals surface area contributed by atoms with Crippen molar-refractivity contribution in [3.05, 3.63) is 29.3 Å². The third-order valence-electron chi connectivity index (χ3n) is 3.54. The van der Waals surface area contributed by atoms with E-state index < -0.39 is 0 Å². The van der Waals surface area contributed by atoms with Crippen LogP contribution in [0.1, 0.15) is 26.2 Å². The van der Waals surface area contributed by atoms with Crippen LogP contribution in [0.2, 0.25) is 5.02 Å². The van der Waals surface area contributed by atoms with Gasteiger partial charge in [-0.05, 0) is 43.0 Å². The van der Waals surface area contributed by atoms with Gasteiger partial charge >= 0.3 is 0 Å². The molecule has 1 fully saturated rings. The van der Waals surface area contributed by atoms with Crippen molar-refractivity contribution in [2.45, 2.75) is 26.2 Å². The van der Waals surface area contributed by atoms with Crippen molar-refractivity contribution in [1.29, 1.82) is 0 Å². The second kappa shape index (κ2) is 6.80. The number of halogens is 1. The first-order chi connectivity index (χ1) is 9.19. The number of carbonyl (C=O) groups is 1. The lowest BCUT2D eigenvalue weighted by Crippen LogP contribution is -2.30. The number of anilines is 1. The van der Waals surface area contributed by atoms with Gasteiger partial charge in [0, 0.05) is 36.8 Å². The van der Waals surface area contributed by atoms with Crippen LogP contribution in [0.5, 0.6) is 0 Å². The largest absolute Gasteiger partial charge is 0.371 e. The van der Waals surface area contributed by atoms with Gasteiger partial charge in [-0.3, -0.25) is 4.79 Å². The third kappa shape index (κ3) is 4.13. The Balaban J connectivity index is 1.80. The van der Waals surface area contributed by atoms with Crippen LogP contribution in [0.15, 0.2) is 24.3 Å². The molecule has 1 aliphatic rings. The normalized spacial score (nSPS) is 18.6. The molecule has 1 amide bonds. The summed E-state index contributed by atoms with van der Waals surface area (Å²) in [6, 6.07) is 7.96. The molecule has 3 nitrogen and oxygen atoms in total. The van der Waals surface area contributed by atoms with E-state index in [0.29, 0.717) is 12.3 Å². The molecule has 1 atom stereocenters. The number of nitrogens with one attached hydrogen (secondary N) is 1. The van der Waals surface area contributed by atoms with E-state index in [0.717, 1.165) is 37.5 Å².